The molecule has 2 aromatic rings. The summed E-state index contributed by atoms with van der Waals surface area (Å²) in [6.45, 7) is 0. The lowest BCUT2D eigenvalue weighted by Crippen LogP contribution is -2.04. The van der Waals surface area contributed by atoms with Gasteiger partial charge in [-0.05, 0) is 29.8 Å². The molecule has 0 aliphatic rings. The first-order valence-electron chi connectivity index (χ1n) is 5.55. The second-order valence-electron chi connectivity index (χ2n) is 3.84. The predicted octanol–water partition coefficient (Wildman–Crippen LogP) is 2.08. The average molecular weight is 260 g/mol. The maximum absolute atomic E-state index is 10.6. The molecule has 0 radical (unpaired) electrons. The highest BCUT2D eigenvalue weighted by molar-refractivity contribution is 5.39. The summed E-state index contributed by atoms with van der Waals surface area (Å²) in [5.74, 6) is 0.466. The second kappa shape index (κ2) is 5.45. The molecule has 1 heterocycles. The Morgan fingerprint density at radius 3 is 2.58 bits per heavy atom. The number of non-ortho nitro benzene ring substituents is 1. The largest absolute Gasteiger partial charge is 0.495 e. The van der Waals surface area contributed by atoms with Gasteiger partial charge < -0.3 is 9.84 Å². The van der Waals surface area contributed by atoms with Crippen LogP contribution in [0.4, 0.5) is 5.69 Å². The van der Waals surface area contributed by atoms with Gasteiger partial charge >= 0.3 is 0 Å². The van der Waals surface area contributed by atoms with Gasteiger partial charge in [0.1, 0.15) is 17.5 Å². The predicted molar refractivity (Wildman–Crippen MR) is 67.9 cm³/mol. The average Bonchev–Trinajstić information content (AvgIpc) is 2.46. The highest BCUT2D eigenvalue weighted by Crippen LogP contribution is 2.28. The van der Waals surface area contributed by atoms with Crippen molar-refractivity contribution in [2.45, 2.75) is 6.10 Å². The quantitative estimate of drug-likeness (QED) is 0.672. The van der Waals surface area contributed by atoms with Gasteiger partial charge in [-0.1, -0.05) is 0 Å². The Hall–Kier alpha value is -2.47. The molecule has 19 heavy (non-hydrogen) atoms. The van der Waals surface area contributed by atoms with Gasteiger partial charge in [0.15, 0.2) is 0 Å². The van der Waals surface area contributed by atoms with Crippen LogP contribution in [0.3, 0.4) is 0 Å². The van der Waals surface area contributed by atoms with Crippen LogP contribution in [0.25, 0.3) is 0 Å². The zero-order valence-electron chi connectivity index (χ0n) is 10.2. The van der Waals surface area contributed by atoms with Crippen LogP contribution in [0.5, 0.6) is 5.75 Å². The highest BCUT2D eigenvalue weighted by atomic mass is 16.6. The van der Waals surface area contributed by atoms with E-state index in [0.717, 1.165) is 0 Å². The first kappa shape index (κ1) is 13.0. The van der Waals surface area contributed by atoms with Crippen LogP contribution in [0.1, 0.15) is 17.4 Å². The van der Waals surface area contributed by atoms with Crippen LogP contribution in [0.15, 0.2) is 42.6 Å². The molecular formula is C13H12N2O4. The van der Waals surface area contributed by atoms with Crippen LogP contribution in [-0.4, -0.2) is 22.1 Å². The fourth-order valence-corrected chi connectivity index (χ4v) is 1.72. The molecule has 0 saturated carbocycles. The standard InChI is InChI=1S/C13H12N2O4/c1-19-11-3-2-8-14-12(11)13(16)9-4-6-10(7-5-9)15(17)18/h2-8,13,16H,1H3. The molecule has 1 atom stereocenters. The third-order valence-electron chi connectivity index (χ3n) is 2.70. The number of ether oxygens (including phenoxy) is 1. The summed E-state index contributed by atoms with van der Waals surface area (Å²) >= 11 is 0. The van der Waals surface area contributed by atoms with Crippen molar-refractivity contribution in [3.63, 3.8) is 0 Å². The highest BCUT2D eigenvalue weighted by Gasteiger charge is 2.17. The Kier molecular flexibility index (Phi) is 3.72. The monoisotopic (exact) mass is 260 g/mol. The van der Waals surface area contributed by atoms with Crippen molar-refractivity contribution in [3.8, 4) is 5.75 Å². The molecule has 0 bridgehead atoms. The van der Waals surface area contributed by atoms with E-state index in [1.54, 1.807) is 18.3 Å². The third kappa shape index (κ3) is 2.69. The van der Waals surface area contributed by atoms with Crippen LogP contribution in [0, 0.1) is 10.1 Å². The minimum atomic E-state index is -0.989. The SMILES string of the molecule is COc1cccnc1C(O)c1ccc([N+](=O)[O-])cc1. The number of nitro benzene ring substituents is 1. The van der Waals surface area contributed by atoms with Gasteiger partial charge in [-0.2, -0.15) is 0 Å². The number of methoxy groups -OCH3 is 1. The number of aliphatic hydroxyl groups excluding tert-OH is 1. The van der Waals surface area contributed by atoms with E-state index in [-0.39, 0.29) is 5.69 Å². The van der Waals surface area contributed by atoms with Gasteiger partial charge in [0.05, 0.1) is 12.0 Å². The Balaban J connectivity index is 2.33. The number of nitrogens with zero attached hydrogens (tertiary/aromatic N) is 2. The molecule has 6 heteroatoms. The van der Waals surface area contributed by atoms with E-state index in [9.17, 15) is 15.2 Å². The van der Waals surface area contributed by atoms with Crippen LogP contribution in [0.2, 0.25) is 0 Å². The third-order valence-corrected chi connectivity index (χ3v) is 2.70. The molecule has 1 unspecified atom stereocenters. The van der Waals surface area contributed by atoms with Crippen molar-refractivity contribution >= 4 is 5.69 Å². The van der Waals surface area contributed by atoms with Gasteiger partial charge in [-0.15, -0.1) is 0 Å². The Morgan fingerprint density at radius 1 is 1.32 bits per heavy atom. The van der Waals surface area contributed by atoms with Crippen molar-refractivity contribution in [1.29, 1.82) is 0 Å². The van der Waals surface area contributed by atoms with E-state index < -0.39 is 11.0 Å². The summed E-state index contributed by atoms with van der Waals surface area (Å²) in [5.41, 5.74) is 0.866. The number of aromatic nitrogens is 1. The smallest absolute Gasteiger partial charge is 0.269 e. The lowest BCUT2D eigenvalue weighted by molar-refractivity contribution is -0.384. The number of benzene rings is 1. The zero-order chi connectivity index (χ0) is 13.8. The fraction of sp³-hybridized carbons (Fsp3) is 0.154. The van der Waals surface area contributed by atoms with Crippen LogP contribution >= 0.6 is 0 Å². The molecule has 6 nitrogen and oxygen atoms in total. The molecule has 1 aromatic heterocycles. The lowest BCUT2D eigenvalue weighted by Gasteiger charge is -2.13. The van der Waals surface area contributed by atoms with Crippen molar-refractivity contribution < 1.29 is 14.8 Å². The van der Waals surface area contributed by atoms with Crippen LogP contribution in [-0.2, 0) is 0 Å². The summed E-state index contributed by atoms with van der Waals surface area (Å²) < 4.78 is 5.12. The Bertz CT molecular complexity index is 583. The van der Waals surface area contributed by atoms with E-state index >= 15 is 0 Å². The Morgan fingerprint density at radius 2 is 2.00 bits per heavy atom. The second-order valence-corrected chi connectivity index (χ2v) is 3.84. The molecule has 0 amide bonds. The van der Waals surface area contributed by atoms with Gasteiger partial charge in [0.2, 0.25) is 0 Å². The molecule has 0 aliphatic heterocycles. The van der Waals surface area contributed by atoms with Crippen molar-refractivity contribution in [3.05, 3.63) is 64.0 Å². The van der Waals surface area contributed by atoms with E-state index in [4.69, 9.17) is 4.74 Å². The van der Waals surface area contributed by atoms with E-state index in [2.05, 4.69) is 4.98 Å². The first-order chi connectivity index (χ1) is 9.13. The molecular weight excluding hydrogens is 248 g/mol. The van der Waals surface area contributed by atoms with Crippen molar-refractivity contribution in [2.24, 2.45) is 0 Å². The number of hydrogen-bond donors (Lipinski definition) is 1. The van der Waals surface area contributed by atoms with Crippen LogP contribution < -0.4 is 4.74 Å². The van der Waals surface area contributed by atoms with Crippen molar-refractivity contribution in [2.75, 3.05) is 7.11 Å². The summed E-state index contributed by atoms with van der Waals surface area (Å²) in [5, 5.41) is 20.8. The first-order valence-corrected chi connectivity index (χ1v) is 5.55. The van der Waals surface area contributed by atoms with Gasteiger partial charge in [0.25, 0.3) is 5.69 Å². The molecule has 0 saturated heterocycles. The molecule has 1 aromatic carbocycles. The number of pyridine rings is 1. The molecule has 0 fully saturated rings. The van der Waals surface area contributed by atoms with Crippen molar-refractivity contribution in [1.82, 2.24) is 4.98 Å². The number of rotatable bonds is 4. The number of nitro groups is 1. The zero-order valence-corrected chi connectivity index (χ0v) is 10.2. The lowest BCUT2D eigenvalue weighted by atomic mass is 10.1. The maximum Gasteiger partial charge on any atom is 0.269 e. The summed E-state index contributed by atoms with van der Waals surface area (Å²) in [6, 6.07) is 9.07. The molecule has 0 aliphatic carbocycles. The molecule has 0 spiro atoms. The fourth-order valence-electron chi connectivity index (χ4n) is 1.72. The van der Waals surface area contributed by atoms with E-state index in [1.165, 1.54) is 31.4 Å². The van der Waals surface area contributed by atoms with Gasteiger partial charge in [-0.3, -0.25) is 15.1 Å². The summed E-state index contributed by atoms with van der Waals surface area (Å²) in [4.78, 5) is 14.1. The number of aliphatic hydroxyl groups is 1. The molecule has 1 N–H and O–H groups in total. The minimum absolute atomic E-state index is 0.0241. The van der Waals surface area contributed by atoms with Gasteiger partial charge in [0, 0.05) is 18.3 Å². The summed E-state index contributed by atoms with van der Waals surface area (Å²) in [7, 11) is 1.49. The maximum atomic E-state index is 10.6. The normalized spacial score (nSPS) is 11.9. The topological polar surface area (TPSA) is 85.5 Å². The van der Waals surface area contributed by atoms with E-state index in [1.807, 2.05) is 0 Å². The summed E-state index contributed by atoms with van der Waals surface area (Å²) in [6.07, 6.45) is 0.559. The minimum Gasteiger partial charge on any atom is -0.495 e. The molecule has 98 valence electrons. The van der Waals surface area contributed by atoms with Gasteiger partial charge in [-0.25, -0.2) is 0 Å². The molecule has 2 rings (SSSR count). The Labute approximate surface area is 109 Å². The van der Waals surface area contributed by atoms with E-state index in [0.29, 0.717) is 17.0 Å². The number of hydrogen-bond acceptors (Lipinski definition) is 5.